The Morgan fingerprint density at radius 2 is 1.56 bits per heavy atom. The maximum absolute atomic E-state index is 13.1. The van der Waals surface area contributed by atoms with Crippen LogP contribution < -0.4 is 0 Å². The second-order valence-corrected chi connectivity index (χ2v) is 8.42. The molecular formula is C11H6F6I2O5S. The second-order valence-electron chi connectivity index (χ2n) is 4.56. The molecule has 14 heteroatoms. The molecule has 142 valence electrons. The van der Waals surface area contributed by atoms with Crippen molar-refractivity contribution < 1.29 is 48.8 Å². The second kappa shape index (κ2) is 7.34. The molecule has 1 rings (SSSR count). The van der Waals surface area contributed by atoms with Crippen LogP contribution in [0.25, 0.3) is 0 Å². The largest absolute Gasteiger partial charge is 0.438 e. The zero-order chi connectivity index (χ0) is 19.8. The molecule has 0 atom stereocenters. The van der Waals surface area contributed by atoms with Crippen molar-refractivity contribution in [2.45, 2.75) is 18.0 Å². The molecular weight excluding hydrogens is 612 g/mol. The number of carbonyl (C=O) groups excluding carboxylic acids is 1. The first-order valence-corrected chi connectivity index (χ1v) is 9.54. The summed E-state index contributed by atoms with van der Waals surface area (Å²) in [7, 11) is -5.81. The summed E-state index contributed by atoms with van der Waals surface area (Å²) < 4.78 is 113. The van der Waals surface area contributed by atoms with Gasteiger partial charge in [0.25, 0.3) is 10.1 Å². The Morgan fingerprint density at radius 3 is 1.92 bits per heavy atom. The first-order valence-electron chi connectivity index (χ1n) is 5.77. The Balaban J connectivity index is 3.50. The van der Waals surface area contributed by atoms with Crippen LogP contribution in [0.15, 0.2) is 18.2 Å². The van der Waals surface area contributed by atoms with Gasteiger partial charge in [0, 0.05) is 7.14 Å². The van der Waals surface area contributed by atoms with E-state index in [0.717, 1.165) is 6.07 Å². The Kier molecular flexibility index (Phi) is 6.66. The SMILES string of the molecule is O=C(OC(CS(=O)(=O)O)(C(F)(F)F)C(F)(F)F)c1ccc(I)cc1I. The van der Waals surface area contributed by atoms with E-state index in [0.29, 0.717) is 3.57 Å². The van der Waals surface area contributed by atoms with Crippen LogP contribution in [-0.2, 0) is 14.9 Å². The standard InChI is InChI=1S/C11H6F6I2O5S/c12-10(13,14)9(11(15,16)17,4-25(21,22)23)24-8(20)6-2-1-5(18)3-7(6)19/h1-3H,4H2,(H,21,22,23). The maximum Gasteiger partial charge on any atom is 0.438 e. The highest BCUT2D eigenvalue weighted by molar-refractivity contribution is 14.1. The number of benzene rings is 1. The van der Waals surface area contributed by atoms with Crippen molar-refractivity contribution in [2.75, 3.05) is 5.75 Å². The van der Waals surface area contributed by atoms with Gasteiger partial charge in [-0.1, -0.05) is 0 Å². The molecule has 0 spiro atoms. The smallest absolute Gasteiger partial charge is 0.435 e. The number of rotatable bonds is 4. The lowest BCUT2D eigenvalue weighted by atomic mass is 10.1. The van der Waals surface area contributed by atoms with E-state index in [1.807, 2.05) is 0 Å². The van der Waals surface area contributed by atoms with Crippen molar-refractivity contribution in [3.05, 3.63) is 30.9 Å². The van der Waals surface area contributed by atoms with Gasteiger partial charge in [0.05, 0.1) is 5.56 Å². The highest BCUT2D eigenvalue weighted by atomic mass is 127. The van der Waals surface area contributed by atoms with Gasteiger partial charge < -0.3 is 4.74 Å². The Morgan fingerprint density at radius 1 is 1.08 bits per heavy atom. The number of halogens is 8. The van der Waals surface area contributed by atoms with Gasteiger partial charge in [-0.15, -0.1) is 0 Å². The molecule has 0 aromatic heterocycles. The molecule has 0 amide bonds. The number of alkyl halides is 6. The van der Waals surface area contributed by atoms with Gasteiger partial charge in [-0.25, -0.2) is 4.79 Å². The topological polar surface area (TPSA) is 80.7 Å². The molecule has 0 saturated carbocycles. The number of hydrogen-bond acceptors (Lipinski definition) is 4. The molecule has 0 fully saturated rings. The molecule has 0 aliphatic carbocycles. The quantitative estimate of drug-likeness (QED) is 0.241. The minimum atomic E-state index is -6.36. The van der Waals surface area contributed by atoms with Crippen molar-refractivity contribution in [1.82, 2.24) is 0 Å². The van der Waals surface area contributed by atoms with Crippen molar-refractivity contribution >= 4 is 61.3 Å². The van der Waals surface area contributed by atoms with Crippen LogP contribution in [0, 0.1) is 7.14 Å². The van der Waals surface area contributed by atoms with Gasteiger partial charge in [0.2, 0.25) is 0 Å². The summed E-state index contributed by atoms with van der Waals surface area (Å²) in [5, 5.41) is 0. The van der Waals surface area contributed by atoms with Crippen LogP contribution in [0.2, 0.25) is 0 Å². The van der Waals surface area contributed by atoms with Gasteiger partial charge in [-0.2, -0.15) is 34.8 Å². The summed E-state index contributed by atoms with van der Waals surface area (Å²) in [5.74, 6) is -4.96. The van der Waals surface area contributed by atoms with Crippen LogP contribution >= 0.6 is 45.2 Å². The third-order valence-corrected chi connectivity index (χ3v) is 5.05. The van der Waals surface area contributed by atoms with E-state index in [1.165, 1.54) is 34.7 Å². The van der Waals surface area contributed by atoms with E-state index in [9.17, 15) is 39.6 Å². The number of ether oxygens (including phenoxy) is 1. The lowest BCUT2D eigenvalue weighted by Crippen LogP contribution is -2.63. The summed E-state index contributed by atoms with van der Waals surface area (Å²) in [6.07, 6.45) is -12.7. The predicted octanol–water partition coefficient (Wildman–Crippen LogP) is 3.80. The number of carbonyl (C=O) groups is 1. The Labute approximate surface area is 164 Å². The van der Waals surface area contributed by atoms with Crippen LogP contribution in [0.3, 0.4) is 0 Å². The molecule has 0 aliphatic rings. The third kappa shape index (κ3) is 5.31. The van der Waals surface area contributed by atoms with E-state index < -0.39 is 45.4 Å². The third-order valence-electron chi connectivity index (χ3n) is 2.72. The van der Waals surface area contributed by atoms with Gasteiger partial charge >= 0.3 is 23.9 Å². The van der Waals surface area contributed by atoms with E-state index in [4.69, 9.17) is 4.55 Å². The van der Waals surface area contributed by atoms with Crippen molar-refractivity contribution in [3.8, 4) is 0 Å². The zero-order valence-electron chi connectivity index (χ0n) is 11.5. The maximum atomic E-state index is 13.1. The Hall–Kier alpha value is -0.360. The molecule has 1 aromatic rings. The fourth-order valence-corrected chi connectivity index (χ4v) is 4.32. The van der Waals surface area contributed by atoms with Crippen molar-refractivity contribution in [3.63, 3.8) is 0 Å². The van der Waals surface area contributed by atoms with E-state index >= 15 is 0 Å². The minimum absolute atomic E-state index is 0.0143. The summed E-state index contributed by atoms with van der Waals surface area (Å²) in [6.45, 7) is 0. The molecule has 0 saturated heterocycles. The Bertz CT molecular complexity index is 760. The molecule has 0 unspecified atom stereocenters. The number of hydrogen-bond donors (Lipinski definition) is 1. The van der Waals surface area contributed by atoms with Crippen molar-refractivity contribution in [2.24, 2.45) is 0 Å². The average molecular weight is 618 g/mol. The van der Waals surface area contributed by atoms with Crippen LogP contribution in [-0.4, -0.2) is 42.6 Å². The summed E-state index contributed by atoms with van der Waals surface area (Å²) in [4.78, 5) is 11.9. The summed E-state index contributed by atoms with van der Waals surface area (Å²) in [6, 6.07) is 3.44. The average Bonchev–Trinajstić information content (AvgIpc) is 2.33. The number of esters is 1. The molecule has 0 heterocycles. The van der Waals surface area contributed by atoms with Crippen molar-refractivity contribution in [1.29, 1.82) is 0 Å². The summed E-state index contributed by atoms with van der Waals surface area (Å²) in [5.41, 5.74) is -6.05. The van der Waals surface area contributed by atoms with Crippen LogP contribution in [0.1, 0.15) is 10.4 Å². The van der Waals surface area contributed by atoms with E-state index in [2.05, 4.69) is 4.74 Å². The van der Waals surface area contributed by atoms with Gasteiger partial charge in [0.1, 0.15) is 5.75 Å². The highest BCUT2D eigenvalue weighted by Gasteiger charge is 2.76. The summed E-state index contributed by atoms with van der Waals surface area (Å²) >= 11 is 3.28. The monoisotopic (exact) mass is 618 g/mol. The molecule has 5 nitrogen and oxygen atoms in total. The first-order chi connectivity index (χ1) is 11.0. The normalized spacial score (nSPS) is 13.6. The van der Waals surface area contributed by atoms with Gasteiger partial charge in [-0.3, -0.25) is 4.55 Å². The fourth-order valence-electron chi connectivity index (χ4n) is 1.59. The van der Waals surface area contributed by atoms with Gasteiger partial charge in [0.15, 0.2) is 0 Å². The molecule has 1 N–H and O–H groups in total. The van der Waals surface area contributed by atoms with E-state index in [-0.39, 0.29) is 3.57 Å². The molecule has 0 bridgehead atoms. The molecule has 0 aliphatic heterocycles. The lowest BCUT2D eigenvalue weighted by Gasteiger charge is -2.35. The van der Waals surface area contributed by atoms with Crippen LogP contribution in [0.5, 0.6) is 0 Å². The lowest BCUT2D eigenvalue weighted by molar-refractivity contribution is -0.356. The molecule has 0 radical (unpaired) electrons. The minimum Gasteiger partial charge on any atom is -0.435 e. The van der Waals surface area contributed by atoms with Gasteiger partial charge in [-0.05, 0) is 63.4 Å². The fraction of sp³-hybridized carbons (Fsp3) is 0.364. The molecule has 1 aromatic carbocycles. The van der Waals surface area contributed by atoms with E-state index in [1.54, 1.807) is 22.6 Å². The molecule has 25 heavy (non-hydrogen) atoms. The predicted molar refractivity (Wildman–Crippen MR) is 88.5 cm³/mol. The van der Waals surface area contributed by atoms with Crippen LogP contribution in [0.4, 0.5) is 26.3 Å². The zero-order valence-corrected chi connectivity index (χ0v) is 16.6. The highest BCUT2D eigenvalue weighted by Crippen LogP contribution is 2.47. The first kappa shape index (κ1) is 22.7.